The second-order valence-electron chi connectivity index (χ2n) is 7.47. The molecule has 0 saturated carbocycles. The number of hydrogen-bond acceptors (Lipinski definition) is 11. The minimum atomic E-state index is -0.987. The van der Waals surface area contributed by atoms with E-state index in [9.17, 15) is 14.4 Å². The number of aliphatic carboxylic acids is 1. The lowest BCUT2D eigenvalue weighted by atomic mass is 10.1. The molecule has 3 aromatic rings. The third-order valence-electron chi connectivity index (χ3n) is 4.92. The molecule has 0 saturated heterocycles. The number of hydrogen-bond donors (Lipinski definition) is 5. The maximum absolute atomic E-state index is 12.3. The van der Waals surface area contributed by atoms with Crippen LogP contribution in [0.25, 0.3) is 11.2 Å². The molecule has 0 aliphatic carbocycles. The molecule has 0 aliphatic rings. The quantitative estimate of drug-likeness (QED) is 0.186. The van der Waals surface area contributed by atoms with E-state index in [4.69, 9.17) is 16.6 Å². The number of aromatic nitrogens is 4. The Kier molecular flexibility index (Phi) is 7.82. The van der Waals surface area contributed by atoms with Crippen molar-refractivity contribution in [1.29, 1.82) is 0 Å². The van der Waals surface area contributed by atoms with Crippen molar-refractivity contribution in [3.8, 4) is 0 Å². The van der Waals surface area contributed by atoms with Gasteiger partial charge in [-0.05, 0) is 30.7 Å². The summed E-state index contributed by atoms with van der Waals surface area (Å²) in [5.41, 5.74) is 14.1. The number of nitrogens with two attached hydrogens (primary N) is 2. The van der Waals surface area contributed by atoms with Gasteiger partial charge in [-0.1, -0.05) is 0 Å². The fourth-order valence-corrected chi connectivity index (χ4v) is 3.12. The van der Waals surface area contributed by atoms with Crippen molar-refractivity contribution in [3.63, 3.8) is 0 Å². The topological polar surface area (TPSA) is 202 Å². The highest BCUT2D eigenvalue weighted by Crippen LogP contribution is 2.18. The lowest BCUT2D eigenvalue weighted by Crippen LogP contribution is -2.40. The van der Waals surface area contributed by atoms with Gasteiger partial charge in [0.2, 0.25) is 5.95 Å². The first-order chi connectivity index (χ1) is 16.3. The second kappa shape index (κ2) is 11.0. The van der Waals surface area contributed by atoms with E-state index in [0.717, 1.165) is 5.69 Å². The van der Waals surface area contributed by atoms with Crippen molar-refractivity contribution < 1.29 is 19.5 Å². The fourth-order valence-electron chi connectivity index (χ4n) is 3.12. The van der Waals surface area contributed by atoms with Crippen molar-refractivity contribution in [2.45, 2.75) is 25.4 Å². The van der Waals surface area contributed by atoms with E-state index in [1.54, 1.807) is 30.5 Å². The molecule has 178 valence electrons. The summed E-state index contributed by atoms with van der Waals surface area (Å²) in [4.78, 5) is 52.5. The summed E-state index contributed by atoms with van der Waals surface area (Å²) in [5.74, 6) is -1.13. The first-order valence-corrected chi connectivity index (χ1v) is 10.3. The van der Waals surface area contributed by atoms with E-state index in [-0.39, 0.29) is 37.2 Å². The summed E-state index contributed by atoms with van der Waals surface area (Å²) in [6.07, 6.45) is 2.21. The van der Waals surface area contributed by atoms with Gasteiger partial charge in [0.1, 0.15) is 6.29 Å². The van der Waals surface area contributed by atoms with E-state index in [1.807, 2.05) is 11.9 Å². The molecule has 13 nitrogen and oxygen atoms in total. The molecule has 0 radical (unpaired) electrons. The standard InChI is InChI=1S/C21H25N9O4/c1-30(9-14-8-24-19-17(27-14)18(22)28-21(23)29-19)15-5-2-12(3-6-15)20(34)26-11-25-13(10-31)4-7-16(32)33/h2-3,5-6,8,10,13,25H,4,7,9,11H2,1H3,(H,26,34)(H,32,33)(H4,22,23,24,28,29). The third-order valence-corrected chi connectivity index (χ3v) is 4.92. The number of rotatable bonds is 11. The normalized spacial score (nSPS) is 11.7. The van der Waals surface area contributed by atoms with Crippen LogP contribution in [0.3, 0.4) is 0 Å². The van der Waals surface area contributed by atoms with Crippen LogP contribution in [0.4, 0.5) is 17.5 Å². The molecule has 1 amide bonds. The lowest BCUT2D eigenvalue weighted by Gasteiger charge is -2.19. The monoisotopic (exact) mass is 467 g/mol. The number of nitrogens with zero attached hydrogens (tertiary/aromatic N) is 5. The van der Waals surface area contributed by atoms with Crippen LogP contribution in [0.2, 0.25) is 0 Å². The molecule has 3 rings (SSSR count). The summed E-state index contributed by atoms with van der Waals surface area (Å²) in [6, 6.07) is 6.27. The number of fused-ring (bicyclic) bond motifs is 1. The molecule has 34 heavy (non-hydrogen) atoms. The minimum Gasteiger partial charge on any atom is -0.481 e. The van der Waals surface area contributed by atoms with Gasteiger partial charge in [0.25, 0.3) is 5.91 Å². The molecule has 1 unspecified atom stereocenters. The van der Waals surface area contributed by atoms with Gasteiger partial charge in [-0.3, -0.25) is 14.9 Å². The zero-order valence-corrected chi connectivity index (χ0v) is 18.4. The van der Waals surface area contributed by atoms with E-state index >= 15 is 0 Å². The molecule has 1 aromatic carbocycles. The van der Waals surface area contributed by atoms with E-state index in [0.29, 0.717) is 35.3 Å². The van der Waals surface area contributed by atoms with Crippen molar-refractivity contribution >= 4 is 46.8 Å². The Morgan fingerprint density at radius 3 is 2.59 bits per heavy atom. The highest BCUT2D eigenvalue weighted by molar-refractivity contribution is 5.94. The average Bonchev–Trinajstić information content (AvgIpc) is 2.81. The third kappa shape index (κ3) is 6.32. The van der Waals surface area contributed by atoms with Gasteiger partial charge >= 0.3 is 5.97 Å². The molecule has 13 heteroatoms. The molecule has 2 aromatic heterocycles. The molecule has 2 heterocycles. The van der Waals surface area contributed by atoms with E-state index in [1.165, 1.54) is 0 Å². The Balaban J connectivity index is 1.56. The molecule has 0 spiro atoms. The molecule has 1 atom stereocenters. The van der Waals surface area contributed by atoms with Crippen molar-refractivity contribution in [1.82, 2.24) is 30.6 Å². The number of amides is 1. The summed E-state index contributed by atoms with van der Waals surface area (Å²) in [6.45, 7) is 0.453. The van der Waals surface area contributed by atoms with Crippen molar-refractivity contribution in [3.05, 3.63) is 41.7 Å². The Labute approximate surface area is 194 Å². The van der Waals surface area contributed by atoms with Crippen molar-refractivity contribution in [2.24, 2.45) is 0 Å². The number of carboxylic acids is 1. The van der Waals surface area contributed by atoms with Crippen LogP contribution in [-0.4, -0.2) is 63.0 Å². The maximum atomic E-state index is 12.3. The summed E-state index contributed by atoms with van der Waals surface area (Å²) < 4.78 is 0. The van der Waals surface area contributed by atoms with Crippen LogP contribution in [0.15, 0.2) is 30.5 Å². The first kappa shape index (κ1) is 24.3. The number of benzene rings is 1. The van der Waals surface area contributed by atoms with Gasteiger partial charge < -0.3 is 31.6 Å². The lowest BCUT2D eigenvalue weighted by molar-refractivity contribution is -0.137. The Morgan fingerprint density at radius 2 is 1.91 bits per heavy atom. The van der Waals surface area contributed by atoms with Crippen LogP contribution < -0.4 is 27.0 Å². The SMILES string of the molecule is CN(Cc1cnc2nc(N)nc(N)c2n1)c1ccc(C(=O)NCNC(C=O)CCC(=O)O)cc1. The average molecular weight is 467 g/mol. The van der Waals surface area contributed by atoms with Crippen LogP contribution in [-0.2, 0) is 16.1 Å². The highest BCUT2D eigenvalue weighted by Gasteiger charge is 2.12. The Bertz CT molecular complexity index is 1190. The Hall–Kier alpha value is -4.39. The van der Waals surface area contributed by atoms with Gasteiger partial charge in [-0.2, -0.15) is 9.97 Å². The van der Waals surface area contributed by atoms with Crippen LogP contribution in [0.5, 0.6) is 0 Å². The number of nitrogen functional groups attached to an aromatic ring is 2. The zero-order chi connectivity index (χ0) is 24.7. The number of nitrogens with one attached hydrogen (secondary N) is 2. The molecular formula is C21H25N9O4. The summed E-state index contributed by atoms with van der Waals surface area (Å²) >= 11 is 0. The second-order valence-corrected chi connectivity index (χ2v) is 7.47. The van der Waals surface area contributed by atoms with E-state index < -0.39 is 12.0 Å². The van der Waals surface area contributed by atoms with E-state index in [2.05, 4.69) is 30.6 Å². The first-order valence-electron chi connectivity index (χ1n) is 10.3. The summed E-state index contributed by atoms with van der Waals surface area (Å²) in [5, 5.41) is 14.1. The largest absolute Gasteiger partial charge is 0.481 e. The van der Waals surface area contributed by atoms with Gasteiger partial charge in [-0.15, -0.1) is 0 Å². The molecule has 7 N–H and O–H groups in total. The van der Waals surface area contributed by atoms with Gasteiger partial charge in [-0.25, -0.2) is 9.97 Å². The van der Waals surface area contributed by atoms with Gasteiger partial charge in [0, 0.05) is 24.7 Å². The van der Waals surface area contributed by atoms with Gasteiger partial charge in [0.15, 0.2) is 17.0 Å². The predicted octanol–water partition coefficient (Wildman–Crippen LogP) is -0.0702. The number of anilines is 3. The number of carbonyl (C=O) groups is 3. The zero-order valence-electron chi connectivity index (χ0n) is 18.4. The number of carbonyl (C=O) groups excluding carboxylic acids is 2. The smallest absolute Gasteiger partial charge is 0.303 e. The fraction of sp³-hybridized carbons (Fsp3) is 0.286. The molecule has 0 bridgehead atoms. The van der Waals surface area contributed by atoms with Crippen molar-refractivity contribution in [2.75, 3.05) is 30.1 Å². The summed E-state index contributed by atoms with van der Waals surface area (Å²) in [7, 11) is 1.87. The Morgan fingerprint density at radius 1 is 1.18 bits per heavy atom. The minimum absolute atomic E-state index is 0.0304. The van der Waals surface area contributed by atoms with Crippen LogP contribution in [0.1, 0.15) is 28.9 Å². The molecule has 0 fully saturated rings. The highest BCUT2D eigenvalue weighted by atomic mass is 16.4. The van der Waals surface area contributed by atoms with Gasteiger partial charge in [0.05, 0.1) is 31.1 Å². The predicted molar refractivity (Wildman–Crippen MR) is 125 cm³/mol. The van der Waals surface area contributed by atoms with Crippen LogP contribution >= 0.6 is 0 Å². The maximum Gasteiger partial charge on any atom is 0.303 e. The molecule has 0 aliphatic heterocycles. The number of carboxylic acid groups (broad SMARTS) is 1. The van der Waals surface area contributed by atoms with Crippen LogP contribution in [0, 0.1) is 0 Å². The molecular weight excluding hydrogens is 442 g/mol. The number of aldehydes is 1.